The molecule has 0 fully saturated rings. The lowest BCUT2D eigenvalue weighted by atomic mass is 10.0. The lowest BCUT2D eigenvalue weighted by Crippen LogP contribution is -2.30. The maximum atomic E-state index is 12.8. The molecule has 1 aliphatic heterocycles. The number of rotatable bonds is 9. The number of likely N-dealkylation sites (N-methyl/N-ethyl adjacent to an activating group) is 1. The van der Waals surface area contributed by atoms with Crippen LogP contribution in [0.4, 0.5) is 5.00 Å². The average molecular weight is 467 g/mol. The molecule has 3 rings (SSSR count). The van der Waals surface area contributed by atoms with Gasteiger partial charge >= 0.3 is 5.97 Å². The van der Waals surface area contributed by atoms with Crippen molar-refractivity contribution >= 4 is 40.6 Å². The Kier molecular flexibility index (Phi) is 9.81. The number of nitrogens with one attached hydrogen (secondary N) is 1. The van der Waals surface area contributed by atoms with Gasteiger partial charge in [0.05, 0.1) is 18.8 Å². The van der Waals surface area contributed by atoms with Gasteiger partial charge in [-0.15, -0.1) is 23.7 Å². The summed E-state index contributed by atoms with van der Waals surface area (Å²) in [5, 5.41) is 3.52. The molecule has 0 bridgehead atoms. The molecule has 0 aliphatic carbocycles. The van der Waals surface area contributed by atoms with Gasteiger partial charge in [0.15, 0.2) is 0 Å². The van der Waals surface area contributed by atoms with Crippen molar-refractivity contribution in [3.8, 4) is 5.75 Å². The smallest absolute Gasteiger partial charge is 0.341 e. The van der Waals surface area contributed by atoms with Crippen molar-refractivity contribution in [2.45, 2.75) is 46.6 Å². The minimum Gasteiger partial charge on any atom is -0.494 e. The summed E-state index contributed by atoms with van der Waals surface area (Å²) in [6.45, 7) is 9.66. The molecule has 6 nitrogen and oxygen atoms in total. The van der Waals surface area contributed by atoms with Crippen molar-refractivity contribution in [2.75, 3.05) is 31.6 Å². The number of hydrogen-bond acceptors (Lipinski definition) is 6. The molecule has 0 atom stereocenters. The number of unbranched alkanes of at least 4 members (excludes halogenated alkanes) is 1. The third-order valence-electron chi connectivity index (χ3n) is 5.17. The highest BCUT2D eigenvalue weighted by Crippen LogP contribution is 2.38. The first-order valence-electron chi connectivity index (χ1n) is 10.7. The molecule has 1 aromatic heterocycles. The quantitative estimate of drug-likeness (QED) is 0.408. The maximum absolute atomic E-state index is 12.8. The summed E-state index contributed by atoms with van der Waals surface area (Å²) in [5.41, 5.74) is 2.05. The molecule has 0 unspecified atom stereocenters. The SMILES string of the molecule is CCCCOc1ccc(C(=O)Nc2sc3c(c2C(=O)OCC)CCN(CC)C3)cc1.Cl. The second kappa shape index (κ2) is 12.1. The molecule has 1 aromatic carbocycles. The van der Waals surface area contributed by atoms with E-state index in [0.717, 1.165) is 55.1 Å². The highest BCUT2D eigenvalue weighted by atomic mass is 35.5. The maximum Gasteiger partial charge on any atom is 0.341 e. The van der Waals surface area contributed by atoms with Crippen molar-refractivity contribution in [2.24, 2.45) is 0 Å². The summed E-state index contributed by atoms with van der Waals surface area (Å²) in [5.74, 6) is 0.139. The molecular weight excluding hydrogens is 436 g/mol. The van der Waals surface area contributed by atoms with Gasteiger partial charge in [0.1, 0.15) is 10.8 Å². The number of carbonyl (C=O) groups excluding carboxylic acids is 2. The van der Waals surface area contributed by atoms with E-state index in [9.17, 15) is 9.59 Å². The predicted molar refractivity (Wildman–Crippen MR) is 127 cm³/mol. The molecular formula is C23H31ClN2O4S. The van der Waals surface area contributed by atoms with E-state index in [0.29, 0.717) is 29.3 Å². The van der Waals surface area contributed by atoms with Gasteiger partial charge in [0.25, 0.3) is 5.91 Å². The van der Waals surface area contributed by atoms with Crippen LogP contribution in [0, 0.1) is 0 Å². The van der Waals surface area contributed by atoms with Gasteiger partial charge in [-0.25, -0.2) is 4.79 Å². The first-order chi connectivity index (χ1) is 14.6. The van der Waals surface area contributed by atoms with Crippen LogP contribution < -0.4 is 10.1 Å². The molecule has 8 heteroatoms. The Hall–Kier alpha value is -2.09. The van der Waals surface area contributed by atoms with Crippen LogP contribution in [0.5, 0.6) is 5.75 Å². The van der Waals surface area contributed by atoms with Crippen molar-refractivity contribution in [3.05, 3.63) is 45.8 Å². The van der Waals surface area contributed by atoms with Crippen molar-refractivity contribution in [3.63, 3.8) is 0 Å². The van der Waals surface area contributed by atoms with Crippen LogP contribution in [-0.2, 0) is 17.7 Å². The zero-order valence-electron chi connectivity index (χ0n) is 18.4. The van der Waals surface area contributed by atoms with Crippen LogP contribution in [0.15, 0.2) is 24.3 Å². The van der Waals surface area contributed by atoms with Crippen molar-refractivity contribution in [1.82, 2.24) is 4.90 Å². The number of ether oxygens (including phenoxy) is 2. The number of anilines is 1. The van der Waals surface area contributed by atoms with E-state index in [1.807, 2.05) is 0 Å². The molecule has 0 saturated heterocycles. The Bertz CT molecular complexity index is 882. The summed E-state index contributed by atoms with van der Waals surface area (Å²) >= 11 is 1.48. The third kappa shape index (κ3) is 6.21. The van der Waals surface area contributed by atoms with E-state index in [-0.39, 0.29) is 24.3 Å². The fraction of sp³-hybridized carbons (Fsp3) is 0.478. The normalized spacial score (nSPS) is 13.1. The number of halogens is 1. The van der Waals surface area contributed by atoms with Crippen LogP contribution in [0.1, 0.15) is 64.8 Å². The zero-order valence-corrected chi connectivity index (χ0v) is 20.0. The Balaban J connectivity index is 0.00000341. The van der Waals surface area contributed by atoms with Crippen LogP contribution in [0.25, 0.3) is 0 Å². The van der Waals surface area contributed by atoms with E-state index in [2.05, 4.69) is 24.1 Å². The third-order valence-corrected chi connectivity index (χ3v) is 6.31. The summed E-state index contributed by atoms with van der Waals surface area (Å²) in [6, 6.07) is 7.09. The van der Waals surface area contributed by atoms with Gasteiger partial charge in [-0.05, 0) is 56.1 Å². The highest BCUT2D eigenvalue weighted by Gasteiger charge is 2.29. The molecule has 0 spiro atoms. The Labute approximate surface area is 194 Å². The summed E-state index contributed by atoms with van der Waals surface area (Å²) in [6.07, 6.45) is 2.86. The molecule has 31 heavy (non-hydrogen) atoms. The fourth-order valence-corrected chi connectivity index (χ4v) is 4.72. The largest absolute Gasteiger partial charge is 0.494 e. The van der Waals surface area contributed by atoms with Gasteiger partial charge in [0.2, 0.25) is 0 Å². The molecule has 170 valence electrons. The van der Waals surface area contributed by atoms with Gasteiger partial charge in [0, 0.05) is 23.5 Å². The van der Waals surface area contributed by atoms with E-state index in [4.69, 9.17) is 9.47 Å². The van der Waals surface area contributed by atoms with E-state index in [1.165, 1.54) is 11.3 Å². The number of esters is 1. The average Bonchev–Trinajstić information content (AvgIpc) is 3.11. The summed E-state index contributed by atoms with van der Waals surface area (Å²) in [4.78, 5) is 28.9. The lowest BCUT2D eigenvalue weighted by molar-refractivity contribution is 0.0526. The summed E-state index contributed by atoms with van der Waals surface area (Å²) < 4.78 is 10.9. The van der Waals surface area contributed by atoms with E-state index >= 15 is 0 Å². The summed E-state index contributed by atoms with van der Waals surface area (Å²) in [7, 11) is 0. The number of thiophene rings is 1. The van der Waals surface area contributed by atoms with Gasteiger partial charge < -0.3 is 14.8 Å². The number of benzene rings is 1. The predicted octanol–water partition coefficient (Wildman–Crippen LogP) is 5.16. The monoisotopic (exact) mass is 466 g/mol. The Morgan fingerprint density at radius 3 is 2.55 bits per heavy atom. The molecule has 2 heterocycles. The number of nitrogens with zero attached hydrogens (tertiary/aromatic N) is 1. The molecule has 0 saturated carbocycles. The van der Waals surface area contributed by atoms with Crippen molar-refractivity contribution in [1.29, 1.82) is 0 Å². The molecule has 2 aromatic rings. The Morgan fingerprint density at radius 2 is 1.90 bits per heavy atom. The first kappa shape index (κ1) is 25.2. The van der Waals surface area contributed by atoms with Gasteiger partial charge in [-0.2, -0.15) is 0 Å². The fourth-order valence-electron chi connectivity index (χ4n) is 3.45. The van der Waals surface area contributed by atoms with E-state index in [1.54, 1.807) is 31.2 Å². The van der Waals surface area contributed by atoms with Crippen LogP contribution in [-0.4, -0.2) is 43.1 Å². The minimum atomic E-state index is -0.366. The molecule has 0 radical (unpaired) electrons. The zero-order chi connectivity index (χ0) is 21.5. The molecule has 1 N–H and O–H groups in total. The highest BCUT2D eigenvalue weighted by molar-refractivity contribution is 7.17. The number of carbonyl (C=O) groups is 2. The minimum absolute atomic E-state index is 0. The topological polar surface area (TPSA) is 67.9 Å². The molecule has 1 amide bonds. The van der Waals surface area contributed by atoms with Crippen LogP contribution in [0.3, 0.4) is 0 Å². The van der Waals surface area contributed by atoms with E-state index < -0.39 is 0 Å². The molecule has 1 aliphatic rings. The Morgan fingerprint density at radius 1 is 1.16 bits per heavy atom. The van der Waals surface area contributed by atoms with Gasteiger partial charge in [-0.3, -0.25) is 9.69 Å². The first-order valence-corrected chi connectivity index (χ1v) is 11.5. The van der Waals surface area contributed by atoms with Gasteiger partial charge in [-0.1, -0.05) is 20.3 Å². The van der Waals surface area contributed by atoms with Crippen LogP contribution >= 0.6 is 23.7 Å². The van der Waals surface area contributed by atoms with Crippen molar-refractivity contribution < 1.29 is 19.1 Å². The standard InChI is InChI=1S/C23H30N2O4S.ClH/c1-4-7-14-29-17-10-8-16(9-11-17)21(26)24-22-20(23(27)28-6-3)18-12-13-25(5-2)15-19(18)30-22;/h8-11H,4-7,12-15H2,1-3H3,(H,24,26);1H. The number of hydrogen-bond donors (Lipinski definition) is 1. The lowest BCUT2D eigenvalue weighted by Gasteiger charge is -2.25. The second-order valence-electron chi connectivity index (χ2n) is 7.23. The number of fused-ring (bicyclic) bond motifs is 1. The van der Waals surface area contributed by atoms with Crippen LogP contribution in [0.2, 0.25) is 0 Å². The second-order valence-corrected chi connectivity index (χ2v) is 8.33. The number of amides is 1.